The van der Waals surface area contributed by atoms with Crippen LogP contribution in [-0.2, 0) is 0 Å². The first kappa shape index (κ1) is 12.9. The molecule has 1 unspecified atom stereocenters. The lowest BCUT2D eigenvalue weighted by Crippen LogP contribution is -2.55. The molecule has 0 aromatic heterocycles. The van der Waals surface area contributed by atoms with Crippen molar-refractivity contribution in [2.75, 3.05) is 6.54 Å². The number of nitrogens with two attached hydrogens (primary N) is 1. The topological polar surface area (TPSA) is 38.0 Å². The second kappa shape index (κ2) is 4.49. The van der Waals surface area contributed by atoms with Crippen LogP contribution in [0.3, 0.4) is 0 Å². The van der Waals surface area contributed by atoms with E-state index in [0.717, 1.165) is 36.1 Å². The summed E-state index contributed by atoms with van der Waals surface area (Å²) in [7, 11) is 0. The fourth-order valence-corrected chi connectivity index (χ4v) is 5.23. The van der Waals surface area contributed by atoms with Crippen molar-refractivity contribution >= 4 is 0 Å². The van der Waals surface area contributed by atoms with Gasteiger partial charge in [0.2, 0.25) is 0 Å². The van der Waals surface area contributed by atoms with Gasteiger partial charge in [-0.15, -0.1) is 0 Å². The summed E-state index contributed by atoms with van der Waals surface area (Å²) in [6.07, 6.45) is 7.48. The molecule has 0 radical (unpaired) electrons. The minimum atomic E-state index is 0.198. The van der Waals surface area contributed by atoms with E-state index in [4.69, 9.17) is 5.73 Å². The molecular formula is C16H30N2. The van der Waals surface area contributed by atoms with Crippen LogP contribution >= 0.6 is 0 Å². The van der Waals surface area contributed by atoms with E-state index in [1.165, 1.54) is 32.1 Å². The minimum absolute atomic E-state index is 0.198. The average Bonchev–Trinajstić information content (AvgIpc) is 2.23. The lowest BCUT2D eigenvalue weighted by Gasteiger charge is -2.56. The van der Waals surface area contributed by atoms with Gasteiger partial charge in [-0.2, -0.15) is 0 Å². The molecule has 2 heteroatoms. The van der Waals surface area contributed by atoms with E-state index in [1.807, 2.05) is 0 Å². The zero-order valence-corrected chi connectivity index (χ0v) is 12.3. The van der Waals surface area contributed by atoms with Crippen molar-refractivity contribution in [2.24, 2.45) is 35.3 Å². The Morgan fingerprint density at radius 1 is 1.00 bits per heavy atom. The number of hydrogen-bond donors (Lipinski definition) is 2. The monoisotopic (exact) mass is 250 g/mol. The Bertz CT molecular complexity index is 277. The van der Waals surface area contributed by atoms with Crippen molar-refractivity contribution < 1.29 is 0 Å². The number of nitrogens with one attached hydrogen (secondary N) is 1. The Balaban J connectivity index is 1.62. The zero-order chi connectivity index (χ0) is 12.9. The van der Waals surface area contributed by atoms with Gasteiger partial charge in [0, 0.05) is 18.1 Å². The molecule has 0 aliphatic heterocycles. The number of hydrogen-bond acceptors (Lipinski definition) is 2. The molecule has 2 nitrogen and oxygen atoms in total. The summed E-state index contributed by atoms with van der Waals surface area (Å²) in [5, 5.41) is 3.61. The predicted molar refractivity (Wildman–Crippen MR) is 76.3 cm³/mol. The lowest BCUT2D eigenvalue weighted by molar-refractivity contribution is -0.0468. The molecule has 4 fully saturated rings. The summed E-state index contributed by atoms with van der Waals surface area (Å²) >= 11 is 0. The third-order valence-electron chi connectivity index (χ3n) is 5.66. The molecule has 0 aromatic carbocycles. The van der Waals surface area contributed by atoms with Crippen LogP contribution in [0.1, 0.15) is 52.9 Å². The fraction of sp³-hybridized carbons (Fsp3) is 1.00. The average molecular weight is 250 g/mol. The quantitative estimate of drug-likeness (QED) is 0.808. The minimum Gasteiger partial charge on any atom is -0.326 e. The van der Waals surface area contributed by atoms with Crippen LogP contribution in [0.15, 0.2) is 0 Å². The van der Waals surface area contributed by atoms with Crippen LogP contribution in [0.4, 0.5) is 0 Å². The molecule has 4 rings (SSSR count). The molecule has 0 amide bonds. The Labute approximate surface area is 112 Å². The van der Waals surface area contributed by atoms with Gasteiger partial charge in [0.25, 0.3) is 0 Å². The molecule has 18 heavy (non-hydrogen) atoms. The largest absolute Gasteiger partial charge is 0.326 e. The molecule has 104 valence electrons. The maximum absolute atomic E-state index is 6.54. The van der Waals surface area contributed by atoms with Crippen LogP contribution in [0.2, 0.25) is 0 Å². The summed E-state index contributed by atoms with van der Waals surface area (Å²) < 4.78 is 0. The summed E-state index contributed by atoms with van der Waals surface area (Å²) in [6, 6.07) is 0.374. The highest BCUT2D eigenvalue weighted by Gasteiger charge is 2.49. The summed E-state index contributed by atoms with van der Waals surface area (Å²) in [5.74, 6) is 4.85. The third kappa shape index (κ3) is 2.46. The lowest BCUT2D eigenvalue weighted by atomic mass is 9.50. The van der Waals surface area contributed by atoms with Crippen molar-refractivity contribution in [3.05, 3.63) is 0 Å². The Kier molecular flexibility index (Phi) is 3.22. The SMILES string of the molecule is CC(C)(C)NCC(N)C1C2CC3CC(C2)CC1C3. The van der Waals surface area contributed by atoms with Gasteiger partial charge >= 0.3 is 0 Å². The van der Waals surface area contributed by atoms with E-state index in [-0.39, 0.29) is 5.54 Å². The van der Waals surface area contributed by atoms with Crippen LogP contribution in [-0.4, -0.2) is 18.1 Å². The second-order valence-corrected chi connectivity index (χ2v) is 8.30. The maximum atomic E-state index is 6.54. The number of rotatable bonds is 3. The highest BCUT2D eigenvalue weighted by atomic mass is 15.0. The van der Waals surface area contributed by atoms with Crippen LogP contribution < -0.4 is 11.1 Å². The van der Waals surface area contributed by atoms with Gasteiger partial charge in [0.15, 0.2) is 0 Å². The van der Waals surface area contributed by atoms with E-state index in [9.17, 15) is 0 Å². The van der Waals surface area contributed by atoms with Gasteiger partial charge in [-0.05, 0) is 82.5 Å². The Morgan fingerprint density at radius 3 is 1.94 bits per heavy atom. The van der Waals surface area contributed by atoms with Gasteiger partial charge in [-0.25, -0.2) is 0 Å². The van der Waals surface area contributed by atoms with Crippen molar-refractivity contribution in [2.45, 2.75) is 64.5 Å². The van der Waals surface area contributed by atoms with E-state index in [2.05, 4.69) is 26.1 Å². The summed E-state index contributed by atoms with van der Waals surface area (Å²) in [4.78, 5) is 0. The van der Waals surface area contributed by atoms with Crippen molar-refractivity contribution in [3.63, 3.8) is 0 Å². The van der Waals surface area contributed by atoms with Crippen molar-refractivity contribution in [3.8, 4) is 0 Å². The molecule has 4 saturated carbocycles. The highest BCUT2D eigenvalue weighted by molar-refractivity contribution is 5.01. The predicted octanol–water partition coefficient (Wildman–Crippen LogP) is 2.77. The van der Waals surface area contributed by atoms with Crippen LogP contribution in [0, 0.1) is 29.6 Å². The molecule has 4 aliphatic rings. The zero-order valence-electron chi connectivity index (χ0n) is 12.3. The molecule has 1 atom stereocenters. The van der Waals surface area contributed by atoms with E-state index in [0.29, 0.717) is 6.04 Å². The van der Waals surface area contributed by atoms with Gasteiger partial charge in [-0.1, -0.05) is 0 Å². The van der Waals surface area contributed by atoms with E-state index < -0.39 is 0 Å². The van der Waals surface area contributed by atoms with Gasteiger partial charge in [0.1, 0.15) is 0 Å². The highest BCUT2D eigenvalue weighted by Crippen LogP contribution is 2.57. The van der Waals surface area contributed by atoms with Gasteiger partial charge < -0.3 is 11.1 Å². The Hall–Kier alpha value is -0.0800. The Morgan fingerprint density at radius 2 is 1.50 bits per heavy atom. The fourth-order valence-electron chi connectivity index (χ4n) is 5.23. The van der Waals surface area contributed by atoms with Gasteiger partial charge in [-0.3, -0.25) is 0 Å². The summed E-state index contributed by atoms with van der Waals surface area (Å²) in [5.41, 5.74) is 6.74. The summed E-state index contributed by atoms with van der Waals surface area (Å²) in [6.45, 7) is 7.69. The third-order valence-corrected chi connectivity index (χ3v) is 5.66. The maximum Gasteiger partial charge on any atom is 0.0199 e. The molecule has 3 N–H and O–H groups in total. The second-order valence-electron chi connectivity index (χ2n) is 8.30. The van der Waals surface area contributed by atoms with Crippen LogP contribution in [0.5, 0.6) is 0 Å². The van der Waals surface area contributed by atoms with Gasteiger partial charge in [0.05, 0.1) is 0 Å². The molecule has 0 heterocycles. The standard InChI is InChI=1S/C16H30N2/c1-16(2,3)18-9-14(17)15-12-5-10-4-11(7-12)8-13(15)6-10/h10-15,18H,4-9,17H2,1-3H3. The molecule has 0 spiro atoms. The van der Waals surface area contributed by atoms with Crippen LogP contribution in [0.25, 0.3) is 0 Å². The smallest absolute Gasteiger partial charge is 0.0199 e. The first-order valence-electron chi connectivity index (χ1n) is 7.93. The molecule has 4 bridgehead atoms. The van der Waals surface area contributed by atoms with Crippen molar-refractivity contribution in [1.82, 2.24) is 5.32 Å². The molecule has 4 aliphatic carbocycles. The normalized spacial score (nSPS) is 44.3. The molecule has 0 saturated heterocycles. The first-order valence-corrected chi connectivity index (χ1v) is 7.93. The molecular weight excluding hydrogens is 220 g/mol. The van der Waals surface area contributed by atoms with E-state index in [1.54, 1.807) is 0 Å². The molecule has 0 aromatic rings. The first-order chi connectivity index (χ1) is 8.42. The van der Waals surface area contributed by atoms with E-state index >= 15 is 0 Å². The van der Waals surface area contributed by atoms with Crippen molar-refractivity contribution in [1.29, 1.82) is 0 Å².